The summed E-state index contributed by atoms with van der Waals surface area (Å²) < 4.78 is 9.05. The van der Waals surface area contributed by atoms with Crippen molar-refractivity contribution in [3.63, 3.8) is 0 Å². The molecule has 0 radical (unpaired) electrons. The minimum absolute atomic E-state index is 0.362. The maximum atomic E-state index is 5.57. The van der Waals surface area contributed by atoms with Crippen molar-refractivity contribution in [2.75, 3.05) is 7.11 Å². The smallest absolute Gasteiger partial charge is 0.0616 e. The number of rotatable bonds is 4. The van der Waals surface area contributed by atoms with Gasteiger partial charge in [-0.3, -0.25) is 0 Å². The minimum atomic E-state index is 0.362. The molecule has 1 heterocycles. The van der Waals surface area contributed by atoms with Gasteiger partial charge in [0.25, 0.3) is 0 Å². The Hall–Kier alpha value is -0.800. The van der Waals surface area contributed by atoms with Gasteiger partial charge in [-0.15, -0.1) is 0 Å². The van der Waals surface area contributed by atoms with Gasteiger partial charge >= 0.3 is 0 Å². The highest BCUT2D eigenvalue weighted by Crippen LogP contribution is 2.32. The van der Waals surface area contributed by atoms with Crippen molar-refractivity contribution in [1.29, 1.82) is 0 Å². The lowest BCUT2D eigenvalue weighted by molar-refractivity contribution is 0.0904. The molecular formula is C17H24BrNO. The van der Waals surface area contributed by atoms with E-state index in [1.807, 2.05) is 7.11 Å². The number of allylic oxidation sites excluding steroid dienone is 3. The summed E-state index contributed by atoms with van der Waals surface area (Å²) in [6.07, 6.45) is 11.2. The Morgan fingerprint density at radius 3 is 2.90 bits per heavy atom. The standard InChI is InChI=1S/C17H24BrNO/c1-5-6-7-13(18)10-15-12(2)19(3)17-9-8-14(20-4)11-16(15)17/h6-7,10,14H,5,8-9,11H2,1-4H3/b7-6-,13-10+. The van der Waals surface area contributed by atoms with Crippen molar-refractivity contribution in [3.8, 4) is 0 Å². The van der Waals surface area contributed by atoms with Crippen LogP contribution in [0.15, 0.2) is 16.6 Å². The first-order valence-electron chi connectivity index (χ1n) is 7.32. The lowest BCUT2D eigenvalue weighted by Crippen LogP contribution is -2.21. The van der Waals surface area contributed by atoms with E-state index in [4.69, 9.17) is 4.74 Å². The van der Waals surface area contributed by atoms with Crippen molar-refractivity contribution in [2.24, 2.45) is 7.05 Å². The molecule has 1 aromatic rings. The third kappa shape index (κ3) is 3.09. The third-order valence-electron chi connectivity index (χ3n) is 4.23. The van der Waals surface area contributed by atoms with Crippen molar-refractivity contribution < 1.29 is 4.74 Å². The van der Waals surface area contributed by atoms with Gasteiger partial charge < -0.3 is 9.30 Å². The van der Waals surface area contributed by atoms with Crippen LogP contribution in [0, 0.1) is 6.92 Å². The molecule has 0 saturated heterocycles. The van der Waals surface area contributed by atoms with Crippen molar-refractivity contribution in [2.45, 2.75) is 45.6 Å². The van der Waals surface area contributed by atoms with Crippen LogP contribution in [-0.2, 0) is 24.6 Å². The average molecular weight is 338 g/mol. The van der Waals surface area contributed by atoms with E-state index in [0.717, 1.165) is 30.2 Å². The van der Waals surface area contributed by atoms with Gasteiger partial charge in [0.1, 0.15) is 0 Å². The summed E-state index contributed by atoms with van der Waals surface area (Å²) in [6, 6.07) is 0. The Kier molecular flexibility index (Phi) is 5.28. The molecule has 0 spiro atoms. The summed E-state index contributed by atoms with van der Waals surface area (Å²) >= 11 is 3.65. The van der Waals surface area contributed by atoms with Gasteiger partial charge in [-0.05, 0) is 43.4 Å². The first-order chi connectivity index (χ1) is 9.58. The molecular weight excluding hydrogens is 314 g/mol. The van der Waals surface area contributed by atoms with E-state index in [2.05, 4.69) is 59.6 Å². The maximum absolute atomic E-state index is 5.57. The fraction of sp³-hybridized carbons (Fsp3) is 0.529. The Morgan fingerprint density at radius 2 is 2.25 bits per heavy atom. The van der Waals surface area contributed by atoms with Crippen molar-refractivity contribution in [1.82, 2.24) is 4.57 Å². The zero-order valence-corrected chi connectivity index (χ0v) is 14.5. The monoisotopic (exact) mass is 337 g/mol. The second-order valence-corrected chi connectivity index (χ2v) is 6.34. The van der Waals surface area contributed by atoms with Crippen LogP contribution in [0.25, 0.3) is 6.08 Å². The summed E-state index contributed by atoms with van der Waals surface area (Å²) in [5.74, 6) is 0. The summed E-state index contributed by atoms with van der Waals surface area (Å²) in [7, 11) is 4.00. The highest BCUT2D eigenvalue weighted by atomic mass is 79.9. The molecule has 0 amide bonds. The van der Waals surface area contributed by atoms with Crippen molar-refractivity contribution >= 4 is 22.0 Å². The molecule has 3 heteroatoms. The summed E-state index contributed by atoms with van der Waals surface area (Å²) in [5, 5.41) is 0. The number of hydrogen-bond acceptors (Lipinski definition) is 1. The van der Waals surface area contributed by atoms with Crippen LogP contribution < -0.4 is 0 Å². The largest absolute Gasteiger partial charge is 0.381 e. The number of hydrogen-bond donors (Lipinski definition) is 0. The Bertz CT molecular complexity index is 540. The van der Waals surface area contributed by atoms with E-state index in [1.54, 1.807) is 0 Å². The Balaban J connectivity index is 2.41. The lowest BCUT2D eigenvalue weighted by atomic mass is 9.92. The molecule has 2 rings (SSSR count). The predicted molar refractivity (Wildman–Crippen MR) is 89.3 cm³/mol. The number of nitrogens with zero attached hydrogens (tertiary/aromatic N) is 1. The van der Waals surface area contributed by atoms with E-state index in [9.17, 15) is 0 Å². The first kappa shape index (κ1) is 15.6. The first-order valence-corrected chi connectivity index (χ1v) is 8.11. The van der Waals surface area contributed by atoms with Crippen LogP contribution in [0.2, 0.25) is 0 Å². The van der Waals surface area contributed by atoms with Crippen LogP contribution in [0.4, 0.5) is 0 Å². The topological polar surface area (TPSA) is 14.2 Å². The number of aromatic nitrogens is 1. The van der Waals surface area contributed by atoms with Gasteiger partial charge in [0.2, 0.25) is 0 Å². The van der Waals surface area contributed by atoms with Crippen LogP contribution in [0.3, 0.4) is 0 Å². The Morgan fingerprint density at radius 1 is 1.50 bits per heavy atom. The highest BCUT2D eigenvalue weighted by molar-refractivity contribution is 9.12. The van der Waals surface area contributed by atoms with E-state index >= 15 is 0 Å². The molecule has 1 aliphatic rings. The van der Waals surface area contributed by atoms with Gasteiger partial charge in [0, 0.05) is 36.4 Å². The molecule has 20 heavy (non-hydrogen) atoms. The molecule has 2 nitrogen and oxygen atoms in total. The molecule has 0 fully saturated rings. The van der Waals surface area contributed by atoms with Crippen LogP contribution in [0.5, 0.6) is 0 Å². The van der Waals surface area contributed by atoms with E-state index in [1.165, 1.54) is 22.5 Å². The highest BCUT2D eigenvalue weighted by Gasteiger charge is 2.25. The number of methoxy groups -OCH3 is 1. The van der Waals surface area contributed by atoms with E-state index in [-0.39, 0.29) is 0 Å². The summed E-state index contributed by atoms with van der Waals surface area (Å²) in [4.78, 5) is 0. The second-order valence-electron chi connectivity index (χ2n) is 5.42. The molecule has 1 unspecified atom stereocenters. The summed E-state index contributed by atoms with van der Waals surface area (Å²) in [5.41, 5.74) is 5.64. The van der Waals surface area contributed by atoms with E-state index < -0.39 is 0 Å². The number of fused-ring (bicyclic) bond motifs is 1. The van der Waals surface area contributed by atoms with Gasteiger partial charge in [0.05, 0.1) is 6.10 Å². The molecule has 1 atom stereocenters. The van der Waals surface area contributed by atoms with Gasteiger partial charge in [0.15, 0.2) is 0 Å². The fourth-order valence-corrected chi connectivity index (χ4v) is 3.36. The molecule has 0 aromatic carbocycles. The zero-order valence-electron chi connectivity index (χ0n) is 12.9. The molecule has 110 valence electrons. The van der Waals surface area contributed by atoms with E-state index in [0.29, 0.717) is 6.10 Å². The molecule has 1 aromatic heterocycles. The minimum Gasteiger partial charge on any atom is -0.381 e. The predicted octanol–water partition coefficient (Wildman–Crippen LogP) is 4.54. The second kappa shape index (κ2) is 6.77. The average Bonchev–Trinajstić information content (AvgIpc) is 2.69. The number of ether oxygens (including phenoxy) is 1. The summed E-state index contributed by atoms with van der Waals surface area (Å²) in [6.45, 7) is 4.35. The van der Waals surface area contributed by atoms with Crippen molar-refractivity contribution in [3.05, 3.63) is 39.1 Å². The maximum Gasteiger partial charge on any atom is 0.0616 e. The molecule has 0 N–H and O–H groups in total. The van der Waals surface area contributed by atoms with Gasteiger partial charge in [-0.1, -0.05) is 35.0 Å². The fourth-order valence-electron chi connectivity index (χ4n) is 2.94. The van der Waals surface area contributed by atoms with Crippen LogP contribution in [-0.4, -0.2) is 17.8 Å². The molecule has 1 aliphatic carbocycles. The molecule has 0 aliphatic heterocycles. The lowest BCUT2D eigenvalue weighted by Gasteiger charge is -2.22. The van der Waals surface area contributed by atoms with Gasteiger partial charge in [-0.25, -0.2) is 0 Å². The normalized spacial score (nSPS) is 19.6. The third-order valence-corrected chi connectivity index (χ3v) is 4.73. The number of halogens is 1. The quantitative estimate of drug-likeness (QED) is 0.735. The van der Waals surface area contributed by atoms with Gasteiger partial charge in [-0.2, -0.15) is 0 Å². The molecule has 0 bridgehead atoms. The SMILES string of the molecule is CC/C=C\C(Br)=C/c1c2c(n(C)c1C)CCC(OC)C2. The van der Waals surface area contributed by atoms with Crippen LogP contribution >= 0.6 is 15.9 Å². The molecule has 0 saturated carbocycles. The Labute approximate surface area is 130 Å². The van der Waals surface area contributed by atoms with Crippen LogP contribution in [0.1, 0.15) is 42.3 Å². The zero-order chi connectivity index (χ0) is 14.7.